The predicted octanol–water partition coefficient (Wildman–Crippen LogP) is 2.23. The van der Waals surface area contributed by atoms with Crippen LogP contribution in [0.1, 0.15) is 29.6 Å². The second-order valence-electron chi connectivity index (χ2n) is 4.47. The third kappa shape index (κ3) is 2.67. The molecule has 1 aromatic carbocycles. The van der Waals surface area contributed by atoms with E-state index in [0.717, 1.165) is 19.3 Å². The molecule has 0 aromatic heterocycles. The number of para-hydroxylation sites is 1. The number of rotatable bonds is 3. The molecule has 6 nitrogen and oxygen atoms in total. The lowest BCUT2D eigenvalue weighted by Gasteiger charge is -2.27. The number of amides is 1. The molecule has 1 aliphatic heterocycles. The van der Waals surface area contributed by atoms with Gasteiger partial charge < -0.3 is 9.64 Å². The number of methoxy groups -OCH3 is 1. The highest BCUT2D eigenvalue weighted by Crippen LogP contribution is 2.31. The van der Waals surface area contributed by atoms with Crippen LogP contribution in [0.25, 0.3) is 0 Å². The Labute approximate surface area is 111 Å². The van der Waals surface area contributed by atoms with Gasteiger partial charge in [-0.15, -0.1) is 0 Å². The minimum absolute atomic E-state index is 0.0445. The van der Waals surface area contributed by atoms with Gasteiger partial charge in [-0.05, 0) is 25.3 Å². The van der Waals surface area contributed by atoms with E-state index >= 15 is 0 Å². The summed E-state index contributed by atoms with van der Waals surface area (Å²) in [6.45, 7) is 1.40. The second kappa shape index (κ2) is 5.69. The highest BCUT2D eigenvalue weighted by atomic mass is 16.6. The minimum Gasteiger partial charge on any atom is -0.490 e. The molecule has 0 saturated carbocycles. The van der Waals surface area contributed by atoms with Gasteiger partial charge in [-0.25, -0.2) is 0 Å². The van der Waals surface area contributed by atoms with Gasteiger partial charge in [0.25, 0.3) is 5.91 Å². The zero-order chi connectivity index (χ0) is 13.8. The van der Waals surface area contributed by atoms with Crippen molar-refractivity contribution in [3.63, 3.8) is 0 Å². The van der Waals surface area contributed by atoms with Gasteiger partial charge in [-0.2, -0.15) is 0 Å². The topological polar surface area (TPSA) is 72.7 Å². The van der Waals surface area contributed by atoms with E-state index in [1.165, 1.54) is 19.2 Å². The second-order valence-corrected chi connectivity index (χ2v) is 4.47. The average Bonchev–Trinajstić information content (AvgIpc) is 2.46. The lowest BCUT2D eigenvalue weighted by atomic mass is 10.1. The molecule has 1 amide bonds. The van der Waals surface area contributed by atoms with E-state index in [0.29, 0.717) is 13.1 Å². The minimum atomic E-state index is -0.536. The average molecular weight is 264 g/mol. The number of piperidine rings is 1. The number of carbonyl (C=O) groups excluding carboxylic acids is 1. The third-order valence-electron chi connectivity index (χ3n) is 3.27. The van der Waals surface area contributed by atoms with Crippen molar-refractivity contribution in [3.05, 3.63) is 33.9 Å². The van der Waals surface area contributed by atoms with Gasteiger partial charge in [0.05, 0.1) is 17.6 Å². The fourth-order valence-corrected chi connectivity index (χ4v) is 2.32. The van der Waals surface area contributed by atoms with Crippen molar-refractivity contribution in [3.8, 4) is 5.75 Å². The van der Waals surface area contributed by atoms with Crippen LogP contribution in [0.3, 0.4) is 0 Å². The number of ether oxygens (including phenoxy) is 1. The maximum atomic E-state index is 12.4. The first-order valence-electron chi connectivity index (χ1n) is 6.26. The first-order chi connectivity index (χ1) is 9.15. The van der Waals surface area contributed by atoms with Gasteiger partial charge in [0.1, 0.15) is 0 Å². The van der Waals surface area contributed by atoms with Crippen LogP contribution in [0, 0.1) is 10.1 Å². The van der Waals surface area contributed by atoms with Crippen LogP contribution >= 0.6 is 0 Å². The molecule has 1 saturated heterocycles. The Balaban J connectivity index is 2.35. The van der Waals surface area contributed by atoms with Crippen LogP contribution < -0.4 is 4.74 Å². The Kier molecular flexibility index (Phi) is 3.99. The van der Waals surface area contributed by atoms with Crippen LogP contribution in [0.4, 0.5) is 5.69 Å². The molecule has 2 rings (SSSR count). The zero-order valence-electron chi connectivity index (χ0n) is 10.8. The van der Waals surface area contributed by atoms with E-state index in [2.05, 4.69) is 0 Å². The highest BCUT2D eigenvalue weighted by Gasteiger charge is 2.26. The predicted molar refractivity (Wildman–Crippen MR) is 69.4 cm³/mol. The van der Waals surface area contributed by atoms with E-state index < -0.39 is 4.92 Å². The van der Waals surface area contributed by atoms with Gasteiger partial charge >= 0.3 is 5.69 Å². The fraction of sp³-hybridized carbons (Fsp3) is 0.462. The quantitative estimate of drug-likeness (QED) is 0.620. The number of nitro groups is 1. The molecule has 0 unspecified atom stereocenters. The van der Waals surface area contributed by atoms with Crippen molar-refractivity contribution < 1.29 is 14.5 Å². The van der Waals surface area contributed by atoms with Crippen molar-refractivity contribution >= 4 is 11.6 Å². The monoisotopic (exact) mass is 264 g/mol. The van der Waals surface area contributed by atoms with Crippen molar-refractivity contribution in [1.29, 1.82) is 0 Å². The van der Waals surface area contributed by atoms with Gasteiger partial charge in [0.15, 0.2) is 0 Å². The van der Waals surface area contributed by atoms with Gasteiger partial charge in [-0.3, -0.25) is 14.9 Å². The molecule has 6 heteroatoms. The van der Waals surface area contributed by atoms with Crippen LogP contribution in [0.2, 0.25) is 0 Å². The molecule has 0 atom stereocenters. The summed E-state index contributed by atoms with van der Waals surface area (Å²) in [5.74, 6) is -0.150. The molecule has 0 aliphatic carbocycles. The molecular weight excluding hydrogens is 248 g/mol. The van der Waals surface area contributed by atoms with E-state index in [4.69, 9.17) is 4.74 Å². The standard InChI is InChI=1S/C13H16N2O4/c1-19-12-10(6-5-7-11(12)15(17)18)13(16)14-8-3-2-4-9-14/h5-7H,2-4,8-9H2,1H3. The number of nitrogens with zero attached hydrogens (tertiary/aromatic N) is 2. The molecule has 1 aliphatic rings. The van der Waals surface area contributed by atoms with Gasteiger partial charge in [0, 0.05) is 19.2 Å². The van der Waals surface area contributed by atoms with E-state index in [9.17, 15) is 14.9 Å². The number of carbonyl (C=O) groups is 1. The summed E-state index contributed by atoms with van der Waals surface area (Å²) < 4.78 is 5.06. The third-order valence-corrected chi connectivity index (χ3v) is 3.27. The lowest BCUT2D eigenvalue weighted by molar-refractivity contribution is -0.385. The summed E-state index contributed by atoms with van der Waals surface area (Å²) in [6.07, 6.45) is 3.07. The molecule has 0 radical (unpaired) electrons. The van der Waals surface area contributed by atoms with Crippen LogP contribution in [0.5, 0.6) is 5.75 Å². The number of benzene rings is 1. The summed E-state index contributed by atoms with van der Waals surface area (Å²) >= 11 is 0. The van der Waals surface area contributed by atoms with Crippen molar-refractivity contribution in [2.45, 2.75) is 19.3 Å². The van der Waals surface area contributed by atoms with E-state index in [1.807, 2.05) is 0 Å². The Hall–Kier alpha value is -2.11. The Morgan fingerprint density at radius 2 is 2.00 bits per heavy atom. The first-order valence-corrected chi connectivity index (χ1v) is 6.26. The molecule has 0 spiro atoms. The van der Waals surface area contributed by atoms with Gasteiger partial charge in [-0.1, -0.05) is 6.07 Å². The Morgan fingerprint density at radius 1 is 1.32 bits per heavy atom. The number of nitro benzene ring substituents is 1. The normalized spacial score (nSPS) is 15.1. The summed E-state index contributed by atoms with van der Waals surface area (Å²) in [5.41, 5.74) is 0.0870. The molecule has 19 heavy (non-hydrogen) atoms. The molecule has 1 fully saturated rings. The van der Waals surface area contributed by atoms with Crippen LogP contribution in [-0.2, 0) is 0 Å². The van der Waals surface area contributed by atoms with Crippen LogP contribution in [-0.4, -0.2) is 35.9 Å². The van der Waals surface area contributed by atoms with Gasteiger partial charge in [0.2, 0.25) is 5.75 Å². The smallest absolute Gasteiger partial charge is 0.311 e. The van der Waals surface area contributed by atoms with Crippen molar-refractivity contribution in [2.24, 2.45) is 0 Å². The van der Waals surface area contributed by atoms with Crippen molar-refractivity contribution in [1.82, 2.24) is 4.90 Å². The number of hydrogen-bond donors (Lipinski definition) is 0. The fourth-order valence-electron chi connectivity index (χ4n) is 2.32. The molecule has 0 bridgehead atoms. The summed E-state index contributed by atoms with van der Waals surface area (Å²) in [5, 5.41) is 10.9. The number of likely N-dealkylation sites (tertiary alicyclic amines) is 1. The maximum absolute atomic E-state index is 12.4. The van der Waals surface area contributed by atoms with E-state index in [1.54, 1.807) is 11.0 Å². The Bertz CT molecular complexity index is 495. The Morgan fingerprint density at radius 3 is 2.58 bits per heavy atom. The first kappa shape index (κ1) is 13.3. The SMILES string of the molecule is COc1c(C(=O)N2CCCCC2)cccc1[N+](=O)[O-]. The largest absolute Gasteiger partial charge is 0.490 e. The molecule has 0 N–H and O–H groups in total. The summed E-state index contributed by atoms with van der Waals surface area (Å²) in [7, 11) is 1.34. The zero-order valence-corrected chi connectivity index (χ0v) is 10.8. The lowest BCUT2D eigenvalue weighted by Crippen LogP contribution is -2.35. The number of hydrogen-bond acceptors (Lipinski definition) is 4. The highest BCUT2D eigenvalue weighted by molar-refractivity contribution is 5.98. The molecule has 1 aromatic rings. The van der Waals surface area contributed by atoms with E-state index in [-0.39, 0.29) is 22.9 Å². The molecular formula is C13H16N2O4. The van der Waals surface area contributed by atoms with Crippen LogP contribution in [0.15, 0.2) is 18.2 Å². The summed E-state index contributed by atoms with van der Waals surface area (Å²) in [4.78, 5) is 24.5. The van der Waals surface area contributed by atoms with Crippen molar-refractivity contribution in [2.75, 3.05) is 20.2 Å². The molecule has 1 heterocycles. The summed E-state index contributed by atoms with van der Waals surface area (Å²) in [6, 6.07) is 4.42. The molecule has 102 valence electrons. The maximum Gasteiger partial charge on any atom is 0.311 e.